The van der Waals surface area contributed by atoms with Crippen LogP contribution in [-0.4, -0.2) is 34.8 Å². The summed E-state index contributed by atoms with van der Waals surface area (Å²) >= 11 is 0. The first-order valence-corrected chi connectivity index (χ1v) is 12.8. The summed E-state index contributed by atoms with van der Waals surface area (Å²) in [4.78, 5) is 17.8. The molecule has 1 amide bonds. The lowest BCUT2D eigenvalue weighted by Crippen LogP contribution is -2.28. The topological polar surface area (TPSA) is 108 Å². The maximum atomic E-state index is 10.4. The van der Waals surface area contributed by atoms with Crippen LogP contribution in [0, 0.1) is 37.0 Å². The van der Waals surface area contributed by atoms with Crippen molar-refractivity contribution >= 4 is 11.6 Å². The number of nitrogens with one attached hydrogen (secondary N) is 3. The average molecular weight is 520 g/mol. The number of carbonyl (C=O) groups is 1. The molecule has 212 valence electrons. The van der Waals surface area contributed by atoms with Gasteiger partial charge in [0.1, 0.15) is 5.82 Å². The third-order valence-corrected chi connectivity index (χ3v) is 4.72. The fourth-order valence-corrected chi connectivity index (χ4v) is 3.40. The fraction of sp³-hybridized carbons (Fsp3) is 0.741. The SMILES string of the molecule is C#C.CC.CC.CC(C)=N.Cc1ncc([C@@H](N)[C@H]2CCCC(C)C2)[nH]1.FC(F)F.O=C1CCCCN1. The van der Waals surface area contributed by atoms with Crippen LogP contribution in [-0.2, 0) is 4.79 Å². The molecule has 6 nitrogen and oxygen atoms in total. The zero-order valence-corrected chi connectivity index (χ0v) is 23.8. The van der Waals surface area contributed by atoms with Crippen molar-refractivity contribution in [3.05, 3.63) is 17.7 Å². The van der Waals surface area contributed by atoms with E-state index in [0.29, 0.717) is 11.6 Å². The van der Waals surface area contributed by atoms with Gasteiger partial charge in [0.05, 0.1) is 5.69 Å². The molecule has 9 heteroatoms. The number of carbonyl (C=O) groups excluding carboxylic acids is 1. The van der Waals surface area contributed by atoms with Crippen LogP contribution in [0.5, 0.6) is 0 Å². The number of aromatic nitrogens is 2. The first-order chi connectivity index (χ1) is 17.0. The van der Waals surface area contributed by atoms with Gasteiger partial charge in [-0.25, -0.2) is 4.98 Å². The van der Waals surface area contributed by atoms with Gasteiger partial charge < -0.3 is 21.4 Å². The summed E-state index contributed by atoms with van der Waals surface area (Å²) in [5.74, 6) is 2.64. The second kappa shape index (κ2) is 28.9. The van der Waals surface area contributed by atoms with Crippen LogP contribution in [0.3, 0.4) is 0 Å². The molecule has 1 aromatic rings. The van der Waals surface area contributed by atoms with Gasteiger partial charge >= 0.3 is 6.68 Å². The summed E-state index contributed by atoms with van der Waals surface area (Å²) in [5, 5.41) is 9.24. The lowest BCUT2D eigenvalue weighted by Gasteiger charge is -2.30. The van der Waals surface area contributed by atoms with Crippen molar-refractivity contribution in [2.24, 2.45) is 17.6 Å². The zero-order chi connectivity index (χ0) is 29.1. The summed E-state index contributed by atoms with van der Waals surface area (Å²) in [7, 11) is 0. The molecule has 3 rings (SSSR count). The minimum Gasteiger partial charge on any atom is -0.356 e. The van der Waals surface area contributed by atoms with E-state index in [1.165, 1.54) is 25.7 Å². The number of aromatic amines is 1. The lowest BCUT2D eigenvalue weighted by molar-refractivity contribution is -0.122. The molecular weight excluding hydrogens is 467 g/mol. The summed E-state index contributed by atoms with van der Waals surface area (Å²) in [5.41, 5.74) is 8.04. The van der Waals surface area contributed by atoms with E-state index in [1.54, 1.807) is 13.8 Å². The average Bonchev–Trinajstić information content (AvgIpc) is 3.29. The molecule has 1 saturated carbocycles. The van der Waals surface area contributed by atoms with Crippen LogP contribution in [0.4, 0.5) is 13.2 Å². The predicted octanol–water partition coefficient (Wildman–Crippen LogP) is 7.36. The Morgan fingerprint density at radius 2 is 1.61 bits per heavy atom. The first kappa shape index (κ1) is 40.8. The van der Waals surface area contributed by atoms with Crippen molar-refractivity contribution in [1.29, 1.82) is 5.41 Å². The van der Waals surface area contributed by atoms with Gasteiger partial charge in [0.25, 0.3) is 0 Å². The van der Waals surface area contributed by atoms with E-state index < -0.39 is 6.68 Å². The van der Waals surface area contributed by atoms with Crippen LogP contribution in [0.2, 0.25) is 0 Å². The number of nitrogens with two attached hydrogens (primary N) is 1. The Kier molecular flexibility index (Phi) is 32.8. The van der Waals surface area contributed by atoms with Gasteiger partial charge in [-0.15, -0.1) is 12.8 Å². The number of amides is 1. The fourth-order valence-electron chi connectivity index (χ4n) is 3.40. The van der Waals surface area contributed by atoms with Gasteiger partial charge in [0.2, 0.25) is 5.91 Å². The number of H-pyrrole nitrogens is 1. The molecule has 1 unspecified atom stereocenters. The quantitative estimate of drug-likeness (QED) is 0.242. The highest BCUT2D eigenvalue weighted by Crippen LogP contribution is 2.35. The minimum absolute atomic E-state index is 0.147. The smallest absolute Gasteiger partial charge is 0.356 e. The first-order valence-electron chi connectivity index (χ1n) is 12.8. The summed E-state index contributed by atoms with van der Waals surface area (Å²) in [6, 6.07) is 0.147. The molecule has 1 aliphatic carbocycles. The van der Waals surface area contributed by atoms with Crippen LogP contribution >= 0.6 is 0 Å². The maximum Gasteiger partial charge on any atom is 0.379 e. The van der Waals surface area contributed by atoms with Crippen LogP contribution in [0.15, 0.2) is 6.20 Å². The van der Waals surface area contributed by atoms with Gasteiger partial charge in [-0.1, -0.05) is 47.5 Å². The number of hydrogen-bond donors (Lipinski definition) is 4. The van der Waals surface area contributed by atoms with Gasteiger partial charge in [-0.3, -0.25) is 4.79 Å². The highest BCUT2D eigenvalue weighted by atomic mass is 19.4. The molecule has 1 aliphatic heterocycles. The van der Waals surface area contributed by atoms with Crippen molar-refractivity contribution in [3.63, 3.8) is 0 Å². The number of halogens is 3. The van der Waals surface area contributed by atoms with Crippen molar-refractivity contribution in [2.45, 2.75) is 113 Å². The molecule has 0 aromatic carbocycles. The Balaban J connectivity index is -0.000000205. The van der Waals surface area contributed by atoms with E-state index in [0.717, 1.165) is 43.2 Å². The minimum atomic E-state index is -3.67. The zero-order valence-electron chi connectivity index (χ0n) is 23.8. The molecule has 3 atom stereocenters. The van der Waals surface area contributed by atoms with E-state index in [-0.39, 0.29) is 11.9 Å². The summed E-state index contributed by atoms with van der Waals surface area (Å²) in [6.45, 7) is 13.0. The third-order valence-electron chi connectivity index (χ3n) is 4.72. The predicted molar refractivity (Wildman–Crippen MR) is 147 cm³/mol. The molecule has 1 saturated heterocycles. The number of rotatable bonds is 2. The molecule has 36 heavy (non-hydrogen) atoms. The van der Waals surface area contributed by atoms with E-state index in [4.69, 9.17) is 11.1 Å². The number of nitrogens with zero attached hydrogens (tertiary/aromatic N) is 1. The second-order valence-corrected chi connectivity index (χ2v) is 8.04. The molecule has 0 spiro atoms. The molecule has 2 fully saturated rings. The Labute approximate surface area is 218 Å². The number of aryl methyl sites for hydroxylation is 1. The third kappa shape index (κ3) is 27.9. The van der Waals surface area contributed by atoms with Gasteiger partial charge in [-0.2, -0.15) is 13.2 Å². The molecule has 5 N–H and O–H groups in total. The molecule has 0 radical (unpaired) electrons. The van der Waals surface area contributed by atoms with Crippen LogP contribution < -0.4 is 11.1 Å². The van der Waals surface area contributed by atoms with Gasteiger partial charge in [0, 0.05) is 30.9 Å². The van der Waals surface area contributed by atoms with Crippen molar-refractivity contribution in [1.82, 2.24) is 15.3 Å². The lowest BCUT2D eigenvalue weighted by atomic mass is 9.78. The molecular formula is C27H52F3N5O. The normalized spacial score (nSPS) is 18.4. The molecule has 0 bridgehead atoms. The second-order valence-electron chi connectivity index (χ2n) is 8.04. The highest BCUT2D eigenvalue weighted by molar-refractivity contribution is 5.76. The number of imidazole rings is 1. The summed E-state index contributed by atoms with van der Waals surface area (Å²) in [6.07, 6.45) is 18.1. The number of hydrogen-bond acceptors (Lipinski definition) is 4. The maximum absolute atomic E-state index is 10.4. The van der Waals surface area contributed by atoms with Gasteiger partial charge in [-0.05, 0) is 58.3 Å². The molecule has 2 aliphatic rings. The monoisotopic (exact) mass is 519 g/mol. The largest absolute Gasteiger partial charge is 0.379 e. The van der Waals surface area contributed by atoms with E-state index in [2.05, 4.69) is 35.1 Å². The number of terminal acetylenes is 1. The standard InChI is InChI=1S/C12H21N3.C5H9NO.C3H7N.2C2H6.C2H2.CHF3/c1-8-4-3-5-10(6-8)12(13)11-7-14-9(2)15-11;7-5-3-1-2-4-6-5;1-3(2)4;3*1-2;2-1(3)4/h7-8,10,12H,3-6,13H2,1-2H3,(H,14,15);1-4H2,(H,6,7);4H,1-2H3;2*1-2H3;1-2H;1H/t8?,10-,12-;;;;;;/m0....../s1. The number of piperidine rings is 1. The van der Waals surface area contributed by atoms with E-state index >= 15 is 0 Å². The highest BCUT2D eigenvalue weighted by Gasteiger charge is 2.26. The van der Waals surface area contributed by atoms with Crippen LogP contribution in [0.1, 0.15) is 111 Å². The Morgan fingerprint density at radius 1 is 1.11 bits per heavy atom. The van der Waals surface area contributed by atoms with Crippen molar-refractivity contribution < 1.29 is 18.0 Å². The molecule has 2 heterocycles. The number of alkyl halides is 3. The summed E-state index contributed by atoms with van der Waals surface area (Å²) < 4.78 is 29.0. The Morgan fingerprint density at radius 3 is 1.92 bits per heavy atom. The van der Waals surface area contributed by atoms with E-state index in [1.807, 2.05) is 40.8 Å². The molecule has 1 aromatic heterocycles. The van der Waals surface area contributed by atoms with Gasteiger partial charge in [0.15, 0.2) is 0 Å². The van der Waals surface area contributed by atoms with Crippen molar-refractivity contribution in [3.8, 4) is 12.8 Å². The van der Waals surface area contributed by atoms with Crippen LogP contribution in [0.25, 0.3) is 0 Å². The Hall–Kier alpha value is -2.34. The Bertz CT molecular complexity index is 636. The van der Waals surface area contributed by atoms with Crippen molar-refractivity contribution in [2.75, 3.05) is 6.54 Å². The van der Waals surface area contributed by atoms with E-state index in [9.17, 15) is 18.0 Å².